The molecule has 1 heterocycles. The molecule has 17 heavy (non-hydrogen) atoms. The van der Waals surface area contributed by atoms with Crippen molar-refractivity contribution in [3.05, 3.63) is 36.1 Å². The van der Waals surface area contributed by atoms with Crippen LogP contribution >= 0.6 is 0 Å². The molecule has 2 amide bonds. The average Bonchev–Trinajstić information content (AvgIpc) is 2.56. The highest BCUT2D eigenvalue weighted by molar-refractivity contribution is 6.05. The van der Waals surface area contributed by atoms with E-state index in [0.717, 1.165) is 5.70 Å². The molecule has 1 unspecified atom stereocenters. The number of imide groups is 1. The molecule has 0 aromatic carbocycles. The van der Waals surface area contributed by atoms with Gasteiger partial charge in [-0.1, -0.05) is 24.3 Å². The fraction of sp³-hybridized carbons (Fsp3) is 0.385. The fourth-order valence-electron chi connectivity index (χ4n) is 1.57. The molecule has 1 fully saturated rings. The zero-order valence-corrected chi connectivity index (χ0v) is 10.4. The fourth-order valence-corrected chi connectivity index (χ4v) is 1.57. The summed E-state index contributed by atoms with van der Waals surface area (Å²) in [7, 11) is 1.51. The lowest BCUT2D eigenvalue weighted by Crippen LogP contribution is -2.36. The highest BCUT2D eigenvalue weighted by Crippen LogP contribution is 2.12. The minimum atomic E-state index is -0.436. The summed E-state index contributed by atoms with van der Waals surface area (Å²) in [5.74, 6) is -0.311. The van der Waals surface area contributed by atoms with Gasteiger partial charge in [0.05, 0.1) is 6.42 Å². The number of nitrogens with one attached hydrogen (secondary N) is 1. The second kappa shape index (κ2) is 6.03. The second-order valence-corrected chi connectivity index (χ2v) is 3.82. The maximum Gasteiger partial charge on any atom is 0.251 e. The Kier molecular flexibility index (Phi) is 4.69. The summed E-state index contributed by atoms with van der Waals surface area (Å²) >= 11 is 0. The van der Waals surface area contributed by atoms with Gasteiger partial charge >= 0.3 is 0 Å². The zero-order valence-electron chi connectivity index (χ0n) is 10.4. The lowest BCUT2D eigenvalue weighted by atomic mass is 10.2. The summed E-state index contributed by atoms with van der Waals surface area (Å²) in [5, 5.41) is 3.06. The first-order valence-electron chi connectivity index (χ1n) is 5.62. The molecule has 1 atom stereocenters. The van der Waals surface area contributed by atoms with Crippen LogP contribution in [0.2, 0.25) is 0 Å². The summed E-state index contributed by atoms with van der Waals surface area (Å²) < 4.78 is 0. The molecular formula is C13H18N2O2. The van der Waals surface area contributed by atoms with Crippen LogP contribution in [0.1, 0.15) is 20.3 Å². The number of likely N-dealkylation sites (tertiary alicyclic amines) is 1. The Morgan fingerprint density at radius 3 is 2.53 bits per heavy atom. The molecule has 4 heteroatoms. The molecule has 1 N–H and O–H groups in total. The molecule has 0 aromatic rings. The van der Waals surface area contributed by atoms with Crippen molar-refractivity contribution >= 4 is 11.8 Å². The smallest absolute Gasteiger partial charge is 0.251 e. The minimum absolute atomic E-state index is 0.139. The number of hydrogen-bond donors (Lipinski definition) is 1. The average molecular weight is 234 g/mol. The first-order valence-corrected chi connectivity index (χ1v) is 5.62. The van der Waals surface area contributed by atoms with Crippen LogP contribution in [0.5, 0.6) is 0 Å². The number of carbonyl (C=O) groups is 2. The Balaban J connectivity index is 2.65. The largest absolute Gasteiger partial charge is 0.374 e. The quantitative estimate of drug-likeness (QED) is 0.590. The third kappa shape index (κ3) is 3.31. The van der Waals surface area contributed by atoms with Gasteiger partial charge in [0.2, 0.25) is 5.91 Å². The minimum Gasteiger partial charge on any atom is -0.374 e. The van der Waals surface area contributed by atoms with Crippen molar-refractivity contribution in [1.29, 1.82) is 0 Å². The first-order chi connectivity index (χ1) is 8.10. The van der Waals surface area contributed by atoms with Gasteiger partial charge in [0, 0.05) is 12.7 Å². The molecule has 0 aliphatic carbocycles. The normalized spacial score (nSPS) is 22.2. The summed E-state index contributed by atoms with van der Waals surface area (Å²) in [4.78, 5) is 24.2. The zero-order chi connectivity index (χ0) is 12.8. The van der Waals surface area contributed by atoms with Crippen LogP contribution in [0.15, 0.2) is 36.1 Å². The van der Waals surface area contributed by atoms with E-state index in [2.05, 4.69) is 5.32 Å². The van der Waals surface area contributed by atoms with Crippen LogP contribution in [0.3, 0.4) is 0 Å². The molecule has 0 spiro atoms. The molecule has 4 nitrogen and oxygen atoms in total. The molecule has 1 rings (SSSR count). The van der Waals surface area contributed by atoms with E-state index in [4.69, 9.17) is 0 Å². The van der Waals surface area contributed by atoms with Crippen LogP contribution in [-0.4, -0.2) is 29.8 Å². The van der Waals surface area contributed by atoms with Gasteiger partial charge in [0.1, 0.15) is 6.04 Å². The maximum absolute atomic E-state index is 11.7. The number of amides is 2. The lowest BCUT2D eigenvalue weighted by molar-refractivity contribution is -0.137. The number of allylic oxidation sites excluding steroid dienone is 5. The maximum atomic E-state index is 11.7. The van der Waals surface area contributed by atoms with E-state index in [0.29, 0.717) is 0 Å². The predicted octanol–water partition coefficient (Wildman–Crippen LogP) is 1.37. The van der Waals surface area contributed by atoms with Gasteiger partial charge < -0.3 is 5.32 Å². The Bertz CT molecular complexity index is 394. The number of nitrogens with zero attached hydrogens (tertiary/aromatic N) is 1. The van der Waals surface area contributed by atoms with Crippen molar-refractivity contribution in [1.82, 2.24) is 10.2 Å². The highest BCUT2D eigenvalue weighted by Gasteiger charge is 2.35. The van der Waals surface area contributed by atoms with Crippen LogP contribution < -0.4 is 5.32 Å². The van der Waals surface area contributed by atoms with Gasteiger partial charge in [-0.25, -0.2) is 0 Å². The standard InChI is InChI=1S/C13H18N2O2/c1-4-6-7-8-10(5-2)14-11-9-12(16)15(3)13(11)17/h4-8,11,14H,9H2,1-3H3/b6-4-,8-7-,10-5+. The van der Waals surface area contributed by atoms with E-state index in [1.54, 1.807) is 0 Å². The third-order valence-corrected chi connectivity index (χ3v) is 2.61. The number of rotatable bonds is 4. The Hall–Kier alpha value is -1.84. The van der Waals surface area contributed by atoms with Crippen LogP contribution in [0, 0.1) is 0 Å². The summed E-state index contributed by atoms with van der Waals surface area (Å²) in [6.07, 6.45) is 9.67. The number of carbonyl (C=O) groups excluding carboxylic acids is 2. The highest BCUT2D eigenvalue weighted by atomic mass is 16.2. The lowest BCUT2D eigenvalue weighted by Gasteiger charge is -2.12. The monoisotopic (exact) mass is 234 g/mol. The van der Waals surface area contributed by atoms with Gasteiger partial charge in [0.25, 0.3) is 5.91 Å². The summed E-state index contributed by atoms with van der Waals surface area (Å²) in [6, 6.07) is -0.436. The van der Waals surface area contributed by atoms with E-state index in [1.165, 1.54) is 11.9 Å². The summed E-state index contributed by atoms with van der Waals surface area (Å²) in [5.41, 5.74) is 0.838. The van der Waals surface area contributed by atoms with E-state index >= 15 is 0 Å². The van der Waals surface area contributed by atoms with Crippen molar-refractivity contribution in [2.45, 2.75) is 26.3 Å². The van der Waals surface area contributed by atoms with E-state index in [9.17, 15) is 9.59 Å². The third-order valence-electron chi connectivity index (χ3n) is 2.61. The van der Waals surface area contributed by atoms with E-state index < -0.39 is 6.04 Å². The molecule has 1 saturated heterocycles. The van der Waals surface area contributed by atoms with Crippen LogP contribution in [-0.2, 0) is 9.59 Å². The molecule has 0 aromatic heterocycles. The molecular weight excluding hydrogens is 216 g/mol. The number of likely N-dealkylation sites (N-methyl/N-ethyl adjacent to an activating group) is 1. The van der Waals surface area contributed by atoms with Crippen LogP contribution in [0.4, 0.5) is 0 Å². The van der Waals surface area contributed by atoms with E-state index in [1.807, 2.05) is 44.2 Å². The molecule has 1 aliphatic heterocycles. The van der Waals surface area contributed by atoms with Crippen molar-refractivity contribution in [3.63, 3.8) is 0 Å². The van der Waals surface area contributed by atoms with Crippen molar-refractivity contribution in [2.75, 3.05) is 7.05 Å². The molecule has 0 saturated carbocycles. The van der Waals surface area contributed by atoms with Gasteiger partial charge in [-0.3, -0.25) is 14.5 Å². The second-order valence-electron chi connectivity index (χ2n) is 3.82. The van der Waals surface area contributed by atoms with Gasteiger partial charge in [-0.15, -0.1) is 0 Å². The van der Waals surface area contributed by atoms with Crippen molar-refractivity contribution < 1.29 is 9.59 Å². The van der Waals surface area contributed by atoms with Gasteiger partial charge in [-0.05, 0) is 19.9 Å². The Labute approximate surface area is 102 Å². The molecule has 0 radical (unpaired) electrons. The van der Waals surface area contributed by atoms with Crippen molar-refractivity contribution in [3.8, 4) is 0 Å². The van der Waals surface area contributed by atoms with Crippen LogP contribution in [0.25, 0.3) is 0 Å². The topological polar surface area (TPSA) is 49.4 Å². The van der Waals surface area contributed by atoms with Gasteiger partial charge in [0.15, 0.2) is 0 Å². The predicted molar refractivity (Wildman–Crippen MR) is 67.0 cm³/mol. The Morgan fingerprint density at radius 2 is 2.06 bits per heavy atom. The molecule has 92 valence electrons. The van der Waals surface area contributed by atoms with Gasteiger partial charge in [-0.2, -0.15) is 0 Å². The van der Waals surface area contributed by atoms with E-state index in [-0.39, 0.29) is 18.2 Å². The SMILES string of the molecule is C\C=C/C=C\C(=C/C)NC1CC(=O)N(C)C1=O. The Morgan fingerprint density at radius 1 is 1.35 bits per heavy atom. The van der Waals surface area contributed by atoms with Crippen molar-refractivity contribution in [2.24, 2.45) is 0 Å². The molecule has 0 bridgehead atoms. The first kappa shape index (κ1) is 13.2. The summed E-state index contributed by atoms with van der Waals surface area (Å²) in [6.45, 7) is 3.81. The molecule has 1 aliphatic rings. The number of hydrogen-bond acceptors (Lipinski definition) is 3.